The smallest absolute Gasteiger partial charge is 0.238 e. The fraction of sp³-hybridized carbons (Fsp3) is 0.588. The zero-order valence-electron chi connectivity index (χ0n) is 13.5. The molecule has 2 rings (SSSR count). The van der Waals surface area contributed by atoms with Gasteiger partial charge in [-0.05, 0) is 57.5 Å². The third kappa shape index (κ3) is 5.39. The number of carbonyl (C=O) groups is 1. The fourth-order valence-corrected chi connectivity index (χ4v) is 2.78. The van der Waals surface area contributed by atoms with Crippen molar-refractivity contribution < 1.29 is 9.18 Å². The van der Waals surface area contributed by atoms with Crippen molar-refractivity contribution in [2.45, 2.75) is 39.2 Å². The summed E-state index contributed by atoms with van der Waals surface area (Å²) < 4.78 is 13.7. The number of nitrogens with one attached hydrogen (secondary N) is 2. The van der Waals surface area contributed by atoms with Crippen molar-refractivity contribution in [3.63, 3.8) is 0 Å². The molecule has 1 saturated heterocycles. The molecule has 0 aliphatic carbocycles. The van der Waals surface area contributed by atoms with Crippen LogP contribution in [0.3, 0.4) is 0 Å². The lowest BCUT2D eigenvalue weighted by molar-refractivity contribution is -0.115. The van der Waals surface area contributed by atoms with Crippen molar-refractivity contribution in [3.8, 4) is 0 Å². The van der Waals surface area contributed by atoms with Crippen LogP contribution in [-0.4, -0.2) is 43.0 Å². The number of hydrogen-bond acceptors (Lipinski definition) is 3. The molecule has 5 heteroatoms. The van der Waals surface area contributed by atoms with E-state index in [2.05, 4.69) is 22.5 Å². The van der Waals surface area contributed by atoms with Crippen LogP contribution in [0.1, 0.15) is 31.7 Å². The molecule has 0 bridgehead atoms. The molecule has 1 fully saturated rings. The van der Waals surface area contributed by atoms with E-state index >= 15 is 0 Å². The lowest BCUT2D eigenvalue weighted by Crippen LogP contribution is -2.43. The highest BCUT2D eigenvalue weighted by Gasteiger charge is 2.14. The molecule has 122 valence electrons. The standard InChI is InChI=1S/C17H26FN3O/c1-13-6-7-16(15(18)10-13)20-17(22)11-19-14(2)12-21-8-4-3-5-9-21/h6-7,10,14,19H,3-5,8-9,11-12H2,1-2H3,(H,20,22)/t14-/m0/s1. The average molecular weight is 307 g/mol. The van der Waals surface area contributed by atoms with Gasteiger partial charge in [0.1, 0.15) is 5.82 Å². The summed E-state index contributed by atoms with van der Waals surface area (Å²) in [5, 5.41) is 5.81. The van der Waals surface area contributed by atoms with Gasteiger partial charge >= 0.3 is 0 Å². The second kappa shape index (κ2) is 8.25. The van der Waals surface area contributed by atoms with Crippen LogP contribution in [0.4, 0.5) is 10.1 Å². The van der Waals surface area contributed by atoms with Gasteiger partial charge in [-0.1, -0.05) is 12.5 Å². The van der Waals surface area contributed by atoms with Gasteiger partial charge in [-0.15, -0.1) is 0 Å². The van der Waals surface area contributed by atoms with Crippen LogP contribution in [0.15, 0.2) is 18.2 Å². The molecule has 2 N–H and O–H groups in total. The summed E-state index contributed by atoms with van der Waals surface area (Å²) in [6.45, 7) is 7.33. The summed E-state index contributed by atoms with van der Waals surface area (Å²) >= 11 is 0. The molecule has 0 unspecified atom stereocenters. The molecule has 0 aromatic heterocycles. The SMILES string of the molecule is Cc1ccc(NC(=O)CN[C@@H](C)CN2CCCCC2)c(F)c1. The Kier molecular flexibility index (Phi) is 6.34. The first-order chi connectivity index (χ1) is 10.5. The van der Waals surface area contributed by atoms with Gasteiger partial charge < -0.3 is 15.5 Å². The summed E-state index contributed by atoms with van der Waals surface area (Å²) in [5.41, 5.74) is 1.07. The average Bonchev–Trinajstić information content (AvgIpc) is 2.49. The zero-order chi connectivity index (χ0) is 15.9. The van der Waals surface area contributed by atoms with Crippen LogP contribution in [-0.2, 0) is 4.79 Å². The molecule has 0 saturated carbocycles. The van der Waals surface area contributed by atoms with E-state index in [0.717, 1.165) is 25.2 Å². The molecule has 1 atom stereocenters. The summed E-state index contributed by atoms with van der Waals surface area (Å²) in [7, 11) is 0. The summed E-state index contributed by atoms with van der Waals surface area (Å²) in [5.74, 6) is -0.608. The van der Waals surface area contributed by atoms with Gasteiger partial charge in [0, 0.05) is 12.6 Å². The molecule has 1 aromatic rings. The molecule has 1 aliphatic rings. The monoisotopic (exact) mass is 307 g/mol. The number of aryl methyl sites for hydroxylation is 1. The quantitative estimate of drug-likeness (QED) is 0.849. The number of rotatable bonds is 6. The molecule has 0 radical (unpaired) electrons. The second-order valence-electron chi connectivity index (χ2n) is 6.17. The number of likely N-dealkylation sites (tertiary alicyclic amines) is 1. The van der Waals surface area contributed by atoms with Crippen molar-refractivity contribution in [2.75, 3.05) is 31.5 Å². The van der Waals surface area contributed by atoms with Gasteiger partial charge in [-0.2, -0.15) is 0 Å². The zero-order valence-corrected chi connectivity index (χ0v) is 13.5. The van der Waals surface area contributed by atoms with Crippen LogP contribution in [0.5, 0.6) is 0 Å². The second-order valence-corrected chi connectivity index (χ2v) is 6.17. The van der Waals surface area contributed by atoms with Gasteiger partial charge in [0.25, 0.3) is 0 Å². The van der Waals surface area contributed by atoms with Gasteiger partial charge in [-0.25, -0.2) is 4.39 Å². The number of amides is 1. The third-order valence-electron chi connectivity index (χ3n) is 3.99. The number of carbonyl (C=O) groups excluding carboxylic acids is 1. The molecule has 4 nitrogen and oxygen atoms in total. The maximum atomic E-state index is 13.7. The minimum Gasteiger partial charge on any atom is -0.322 e. The van der Waals surface area contributed by atoms with Gasteiger partial charge in [0.15, 0.2) is 0 Å². The number of nitrogens with zero attached hydrogens (tertiary/aromatic N) is 1. The van der Waals surface area contributed by atoms with Gasteiger partial charge in [0.05, 0.1) is 12.2 Å². The predicted octanol–water partition coefficient (Wildman–Crippen LogP) is 2.54. The highest BCUT2D eigenvalue weighted by Crippen LogP contribution is 2.15. The van der Waals surface area contributed by atoms with Crippen LogP contribution in [0, 0.1) is 12.7 Å². The number of benzene rings is 1. The van der Waals surface area contributed by atoms with E-state index in [1.807, 2.05) is 6.92 Å². The van der Waals surface area contributed by atoms with Crippen molar-refractivity contribution in [1.29, 1.82) is 0 Å². The molecule has 1 aliphatic heterocycles. The lowest BCUT2D eigenvalue weighted by atomic mass is 10.1. The van der Waals surface area contributed by atoms with E-state index in [1.54, 1.807) is 12.1 Å². The molecule has 22 heavy (non-hydrogen) atoms. The summed E-state index contributed by atoms with van der Waals surface area (Å²) in [6, 6.07) is 5.04. The van der Waals surface area contributed by atoms with Crippen molar-refractivity contribution in [3.05, 3.63) is 29.6 Å². The minimum atomic E-state index is -0.394. The van der Waals surface area contributed by atoms with Crippen LogP contribution in [0.2, 0.25) is 0 Å². The molecule has 1 amide bonds. The maximum absolute atomic E-state index is 13.7. The van der Waals surface area contributed by atoms with E-state index in [9.17, 15) is 9.18 Å². The number of halogens is 1. The Morgan fingerprint density at radius 1 is 1.32 bits per heavy atom. The largest absolute Gasteiger partial charge is 0.322 e. The third-order valence-corrected chi connectivity index (χ3v) is 3.99. The fourth-order valence-electron chi connectivity index (χ4n) is 2.78. The Labute approximate surface area is 132 Å². The van der Waals surface area contributed by atoms with Gasteiger partial charge in [0.2, 0.25) is 5.91 Å². The predicted molar refractivity (Wildman–Crippen MR) is 87.5 cm³/mol. The van der Waals surface area contributed by atoms with E-state index < -0.39 is 5.82 Å². The first kappa shape index (κ1) is 16.9. The van der Waals surface area contributed by atoms with E-state index in [0.29, 0.717) is 0 Å². The number of piperidine rings is 1. The van der Waals surface area contributed by atoms with Crippen molar-refractivity contribution in [1.82, 2.24) is 10.2 Å². The number of anilines is 1. The Morgan fingerprint density at radius 2 is 2.05 bits per heavy atom. The van der Waals surface area contributed by atoms with Crippen LogP contribution < -0.4 is 10.6 Å². The normalized spacial score (nSPS) is 17.2. The van der Waals surface area contributed by atoms with Gasteiger partial charge in [-0.3, -0.25) is 4.79 Å². The summed E-state index contributed by atoms with van der Waals surface area (Å²) in [4.78, 5) is 14.3. The Morgan fingerprint density at radius 3 is 2.73 bits per heavy atom. The Hall–Kier alpha value is -1.46. The molecule has 1 aromatic carbocycles. The topological polar surface area (TPSA) is 44.4 Å². The van der Waals surface area contributed by atoms with E-state index in [1.165, 1.54) is 25.3 Å². The first-order valence-corrected chi connectivity index (χ1v) is 8.06. The van der Waals surface area contributed by atoms with Crippen molar-refractivity contribution in [2.24, 2.45) is 0 Å². The first-order valence-electron chi connectivity index (χ1n) is 8.06. The Bertz CT molecular complexity index is 501. The molecular weight excluding hydrogens is 281 g/mol. The lowest BCUT2D eigenvalue weighted by Gasteiger charge is -2.29. The highest BCUT2D eigenvalue weighted by atomic mass is 19.1. The molecule has 0 spiro atoms. The maximum Gasteiger partial charge on any atom is 0.238 e. The molecule has 1 heterocycles. The molecular formula is C17H26FN3O. The van der Waals surface area contributed by atoms with Crippen molar-refractivity contribution >= 4 is 11.6 Å². The highest BCUT2D eigenvalue weighted by molar-refractivity contribution is 5.92. The minimum absolute atomic E-state index is 0.197. The number of hydrogen-bond donors (Lipinski definition) is 2. The Balaban J connectivity index is 1.72. The van der Waals surface area contributed by atoms with E-state index in [4.69, 9.17) is 0 Å². The van der Waals surface area contributed by atoms with Crippen LogP contribution >= 0.6 is 0 Å². The van der Waals surface area contributed by atoms with E-state index in [-0.39, 0.29) is 24.2 Å². The summed E-state index contributed by atoms with van der Waals surface area (Å²) in [6.07, 6.45) is 3.85. The van der Waals surface area contributed by atoms with Crippen LogP contribution in [0.25, 0.3) is 0 Å².